The molecule has 1 aliphatic rings. The van der Waals surface area contributed by atoms with E-state index in [9.17, 15) is 13.2 Å². The number of hydrogen-bond acceptors (Lipinski definition) is 4. The first-order valence-electron chi connectivity index (χ1n) is 11.0. The minimum absolute atomic E-state index is 0.110. The Morgan fingerprint density at radius 2 is 1.79 bits per heavy atom. The van der Waals surface area contributed by atoms with Gasteiger partial charge in [-0.3, -0.25) is 9.10 Å². The molecule has 1 amide bonds. The smallest absolute Gasteiger partial charge is 0.264 e. The number of anilines is 1. The van der Waals surface area contributed by atoms with Crippen LogP contribution in [0.3, 0.4) is 0 Å². The van der Waals surface area contributed by atoms with Crippen LogP contribution < -0.4 is 14.4 Å². The summed E-state index contributed by atoms with van der Waals surface area (Å²) < 4.78 is 34.2. The van der Waals surface area contributed by atoms with E-state index in [0.717, 1.165) is 17.5 Å². The van der Waals surface area contributed by atoms with Gasteiger partial charge in [-0.2, -0.15) is 0 Å². The summed E-state index contributed by atoms with van der Waals surface area (Å²) in [6, 6.07) is 21.4. The number of carbonyl (C=O) groups is 1. The summed E-state index contributed by atoms with van der Waals surface area (Å²) in [6.07, 6.45) is -0.0299. The van der Waals surface area contributed by atoms with Gasteiger partial charge in [0.25, 0.3) is 15.9 Å². The summed E-state index contributed by atoms with van der Waals surface area (Å²) in [5.41, 5.74) is 3.53. The van der Waals surface area contributed by atoms with Gasteiger partial charge in [-0.1, -0.05) is 55.5 Å². The third kappa shape index (κ3) is 4.73. The zero-order valence-corrected chi connectivity index (χ0v) is 19.8. The highest BCUT2D eigenvalue weighted by molar-refractivity contribution is 7.92. The molecule has 0 fully saturated rings. The van der Waals surface area contributed by atoms with Crippen LogP contribution in [0.5, 0.6) is 5.75 Å². The molecule has 33 heavy (non-hydrogen) atoms. The second-order valence-corrected chi connectivity index (χ2v) is 10.1. The van der Waals surface area contributed by atoms with Crippen molar-refractivity contribution in [2.45, 2.75) is 44.2 Å². The molecule has 1 heterocycles. The number of nitrogens with one attached hydrogen (secondary N) is 1. The molecule has 2 atom stereocenters. The van der Waals surface area contributed by atoms with Crippen LogP contribution in [0.4, 0.5) is 5.69 Å². The normalized spacial score (nSPS) is 16.5. The third-order valence-electron chi connectivity index (χ3n) is 5.85. The predicted octanol–water partition coefficient (Wildman–Crippen LogP) is 4.39. The molecule has 0 aliphatic carbocycles. The molecular weight excluding hydrogens is 436 g/mol. The van der Waals surface area contributed by atoms with Crippen molar-refractivity contribution in [3.05, 3.63) is 89.5 Å². The van der Waals surface area contributed by atoms with Crippen LogP contribution in [0.25, 0.3) is 0 Å². The quantitative estimate of drug-likeness (QED) is 0.587. The average molecular weight is 465 g/mol. The first-order valence-corrected chi connectivity index (χ1v) is 12.5. The Labute approximate surface area is 195 Å². The van der Waals surface area contributed by atoms with Crippen molar-refractivity contribution in [1.29, 1.82) is 0 Å². The molecule has 6 nitrogen and oxygen atoms in total. The minimum atomic E-state index is -3.87. The van der Waals surface area contributed by atoms with Crippen LogP contribution in [-0.2, 0) is 21.2 Å². The van der Waals surface area contributed by atoms with Gasteiger partial charge in [-0.25, -0.2) is 8.42 Å². The maximum atomic E-state index is 13.5. The molecule has 7 heteroatoms. The minimum Gasteiger partial charge on any atom is -0.476 e. The molecular formula is C26H28N2O4S. The number of nitrogens with zero attached hydrogens (tertiary/aromatic N) is 1. The van der Waals surface area contributed by atoms with Crippen LogP contribution in [0.2, 0.25) is 0 Å². The van der Waals surface area contributed by atoms with Gasteiger partial charge in [0.2, 0.25) is 0 Å². The monoisotopic (exact) mass is 464 g/mol. The average Bonchev–Trinajstić information content (AvgIpc) is 2.83. The largest absolute Gasteiger partial charge is 0.476 e. The molecule has 0 saturated carbocycles. The van der Waals surface area contributed by atoms with Gasteiger partial charge in [0.15, 0.2) is 6.10 Å². The highest BCUT2D eigenvalue weighted by Gasteiger charge is 2.38. The Morgan fingerprint density at radius 3 is 2.45 bits per heavy atom. The number of rotatable bonds is 6. The zero-order chi connectivity index (χ0) is 23.6. The molecule has 0 bridgehead atoms. The zero-order valence-electron chi connectivity index (χ0n) is 19.0. The first kappa shape index (κ1) is 22.9. The molecule has 0 saturated heterocycles. The van der Waals surface area contributed by atoms with Gasteiger partial charge in [0.1, 0.15) is 5.75 Å². The first-order chi connectivity index (χ1) is 15.8. The third-order valence-corrected chi connectivity index (χ3v) is 7.65. The molecule has 0 radical (unpaired) electrons. The maximum Gasteiger partial charge on any atom is 0.264 e. The van der Waals surface area contributed by atoms with Gasteiger partial charge in [0.05, 0.1) is 23.2 Å². The van der Waals surface area contributed by atoms with Crippen molar-refractivity contribution in [3.8, 4) is 5.75 Å². The molecule has 0 aromatic heterocycles. The van der Waals surface area contributed by atoms with E-state index in [0.29, 0.717) is 11.4 Å². The number of fused-ring (bicyclic) bond motifs is 1. The fourth-order valence-corrected chi connectivity index (χ4v) is 5.37. The highest BCUT2D eigenvalue weighted by atomic mass is 32.2. The molecule has 4 rings (SSSR count). The lowest BCUT2D eigenvalue weighted by molar-refractivity contribution is -0.128. The molecule has 3 aromatic rings. The van der Waals surface area contributed by atoms with Crippen molar-refractivity contribution >= 4 is 21.6 Å². The number of carbonyl (C=O) groups excluding carboxylic acids is 1. The molecule has 3 aromatic carbocycles. The molecule has 1 aliphatic heterocycles. The van der Waals surface area contributed by atoms with Crippen LogP contribution in [-0.4, -0.2) is 27.0 Å². The molecule has 0 spiro atoms. The Morgan fingerprint density at radius 1 is 1.09 bits per heavy atom. The lowest BCUT2D eigenvalue weighted by Gasteiger charge is -2.35. The lowest BCUT2D eigenvalue weighted by atomic mass is 10.0. The number of ether oxygens (including phenoxy) is 1. The highest BCUT2D eigenvalue weighted by Crippen LogP contribution is 2.37. The Kier molecular flexibility index (Phi) is 6.42. The Balaban J connectivity index is 1.61. The maximum absolute atomic E-state index is 13.5. The Bertz CT molecular complexity index is 1240. The standard InChI is InChI=1S/C26H28N2O4S/c1-4-20-11-13-21(14-12-20)19(3)27-26(29)25-17-28(23-16-18(2)10-15-24(23)32-25)33(30,31)22-8-6-5-7-9-22/h5-16,19,25H,4,17H2,1-3H3,(H,27,29)/t19-,25+/m0/s1. The van der Waals surface area contributed by atoms with Gasteiger partial charge in [-0.05, 0) is 61.2 Å². The van der Waals surface area contributed by atoms with Crippen molar-refractivity contribution in [2.75, 3.05) is 10.8 Å². The van der Waals surface area contributed by atoms with E-state index in [1.165, 1.54) is 9.87 Å². The van der Waals surface area contributed by atoms with Crippen LogP contribution in [0.15, 0.2) is 77.7 Å². The second kappa shape index (κ2) is 9.27. The predicted molar refractivity (Wildman–Crippen MR) is 129 cm³/mol. The fourth-order valence-electron chi connectivity index (χ4n) is 3.88. The number of benzene rings is 3. The van der Waals surface area contributed by atoms with E-state index in [1.807, 2.05) is 44.2 Å². The Hall–Kier alpha value is -3.32. The van der Waals surface area contributed by atoms with Crippen LogP contribution in [0, 0.1) is 6.92 Å². The van der Waals surface area contributed by atoms with Crippen LogP contribution >= 0.6 is 0 Å². The molecule has 0 unspecified atom stereocenters. The van der Waals surface area contributed by atoms with Crippen molar-refractivity contribution in [2.24, 2.45) is 0 Å². The van der Waals surface area contributed by atoms with E-state index in [4.69, 9.17) is 4.74 Å². The van der Waals surface area contributed by atoms with Gasteiger partial charge < -0.3 is 10.1 Å². The van der Waals surface area contributed by atoms with Gasteiger partial charge >= 0.3 is 0 Å². The summed E-state index contributed by atoms with van der Waals surface area (Å²) in [5.74, 6) is 0.00742. The summed E-state index contributed by atoms with van der Waals surface area (Å²) >= 11 is 0. The van der Waals surface area contributed by atoms with E-state index in [-0.39, 0.29) is 23.4 Å². The number of aryl methyl sites for hydroxylation is 2. The van der Waals surface area contributed by atoms with Crippen molar-refractivity contribution < 1.29 is 17.9 Å². The number of sulfonamides is 1. The summed E-state index contributed by atoms with van der Waals surface area (Å²) in [7, 11) is -3.87. The summed E-state index contributed by atoms with van der Waals surface area (Å²) in [4.78, 5) is 13.3. The lowest BCUT2D eigenvalue weighted by Crippen LogP contribution is -2.51. The second-order valence-electron chi connectivity index (χ2n) is 8.25. The molecule has 172 valence electrons. The van der Waals surface area contributed by atoms with Crippen LogP contribution in [0.1, 0.15) is 36.6 Å². The number of hydrogen-bond donors (Lipinski definition) is 1. The topological polar surface area (TPSA) is 75.7 Å². The van der Waals surface area contributed by atoms with E-state index in [2.05, 4.69) is 12.2 Å². The van der Waals surface area contributed by atoms with Gasteiger partial charge in [-0.15, -0.1) is 0 Å². The van der Waals surface area contributed by atoms with Crippen molar-refractivity contribution in [1.82, 2.24) is 5.32 Å². The van der Waals surface area contributed by atoms with E-state index < -0.39 is 16.1 Å². The number of amides is 1. The summed E-state index contributed by atoms with van der Waals surface area (Å²) in [5, 5.41) is 2.97. The SMILES string of the molecule is CCc1ccc([C@H](C)NC(=O)[C@H]2CN(S(=O)(=O)c3ccccc3)c3cc(C)ccc3O2)cc1. The summed E-state index contributed by atoms with van der Waals surface area (Å²) in [6.45, 7) is 5.77. The fraction of sp³-hybridized carbons (Fsp3) is 0.269. The molecule has 1 N–H and O–H groups in total. The van der Waals surface area contributed by atoms with E-state index in [1.54, 1.807) is 42.5 Å². The van der Waals surface area contributed by atoms with Gasteiger partial charge in [0, 0.05) is 0 Å². The van der Waals surface area contributed by atoms with Crippen molar-refractivity contribution in [3.63, 3.8) is 0 Å². The van der Waals surface area contributed by atoms with E-state index >= 15 is 0 Å².